The van der Waals surface area contributed by atoms with Crippen LogP contribution < -0.4 is 0 Å². The summed E-state index contributed by atoms with van der Waals surface area (Å²) >= 11 is 0. The smallest absolute Gasteiger partial charge is 0.338 e. The van der Waals surface area contributed by atoms with Gasteiger partial charge in [0.25, 0.3) is 0 Å². The molecule has 1 aromatic rings. The third kappa shape index (κ3) is 3.61. The van der Waals surface area contributed by atoms with Crippen molar-refractivity contribution in [2.75, 3.05) is 12.4 Å². The quantitative estimate of drug-likeness (QED) is 0.901. The average Bonchev–Trinajstić information content (AvgIpc) is 2.89. The Bertz CT molecular complexity index is 497. The number of aromatic carboxylic acids is 1. The third-order valence-corrected chi connectivity index (χ3v) is 4.47. The van der Waals surface area contributed by atoms with Gasteiger partial charge in [0.1, 0.15) is 5.82 Å². The number of halogens is 1. The summed E-state index contributed by atoms with van der Waals surface area (Å²) in [5, 5.41) is 8.82. The fraction of sp³-hybridized carbons (Fsp3) is 0.462. The zero-order valence-electron chi connectivity index (χ0n) is 10.3. The maximum absolute atomic E-state index is 13.2. The molecule has 2 atom stereocenters. The molecule has 1 aromatic carbocycles. The molecule has 0 aliphatic carbocycles. The third-order valence-electron chi connectivity index (χ3n) is 3.08. The second-order valence-electron chi connectivity index (χ2n) is 4.42. The van der Waals surface area contributed by atoms with Crippen LogP contribution >= 0.6 is 0 Å². The van der Waals surface area contributed by atoms with E-state index in [-0.39, 0.29) is 6.10 Å². The Morgan fingerprint density at radius 1 is 1.53 bits per heavy atom. The van der Waals surface area contributed by atoms with Crippen LogP contribution in [0.5, 0.6) is 0 Å². The fourth-order valence-corrected chi connectivity index (χ4v) is 3.22. The fourth-order valence-electron chi connectivity index (χ4n) is 2.04. The van der Waals surface area contributed by atoms with Gasteiger partial charge in [0.15, 0.2) is 0 Å². The van der Waals surface area contributed by atoms with Gasteiger partial charge in [-0.05, 0) is 37.5 Å². The van der Waals surface area contributed by atoms with Crippen LogP contribution in [0.2, 0.25) is 0 Å². The lowest BCUT2D eigenvalue weighted by Gasteiger charge is -2.09. The molecule has 0 saturated carbocycles. The topological polar surface area (TPSA) is 63.6 Å². The van der Waals surface area contributed by atoms with Crippen molar-refractivity contribution in [2.45, 2.75) is 30.3 Å². The van der Waals surface area contributed by atoms with Crippen LogP contribution in [0.4, 0.5) is 4.39 Å². The summed E-state index contributed by atoms with van der Waals surface area (Å²) < 4.78 is 30.7. The lowest BCUT2D eigenvalue weighted by Crippen LogP contribution is -2.11. The number of carbonyl (C=O) groups is 1. The van der Waals surface area contributed by atoms with Gasteiger partial charge in [-0.25, -0.2) is 9.18 Å². The number of ether oxygens (including phenoxy) is 1. The SMILES string of the molecule is O=C(O)c1cc(S(=O)CCC2CCCO2)ccc1F. The van der Waals surface area contributed by atoms with Crippen molar-refractivity contribution in [1.82, 2.24) is 0 Å². The Hall–Kier alpha value is -1.27. The Morgan fingerprint density at radius 2 is 2.32 bits per heavy atom. The van der Waals surface area contributed by atoms with E-state index in [1.165, 1.54) is 6.07 Å². The molecule has 1 aliphatic rings. The van der Waals surface area contributed by atoms with Gasteiger partial charge >= 0.3 is 5.97 Å². The summed E-state index contributed by atoms with van der Waals surface area (Å²) in [6.45, 7) is 0.747. The first-order chi connectivity index (χ1) is 9.08. The van der Waals surface area contributed by atoms with Crippen LogP contribution in [0.3, 0.4) is 0 Å². The van der Waals surface area contributed by atoms with Gasteiger partial charge in [0.05, 0.1) is 22.5 Å². The van der Waals surface area contributed by atoms with Crippen LogP contribution in [-0.4, -0.2) is 33.7 Å². The number of rotatable bonds is 5. The minimum absolute atomic E-state index is 0.142. The highest BCUT2D eigenvalue weighted by Crippen LogP contribution is 2.19. The molecule has 6 heteroatoms. The average molecular weight is 286 g/mol. The molecular formula is C13H15FO4S. The van der Waals surface area contributed by atoms with Crippen molar-refractivity contribution in [3.63, 3.8) is 0 Å². The molecule has 1 N–H and O–H groups in total. The highest BCUT2D eigenvalue weighted by molar-refractivity contribution is 7.85. The summed E-state index contributed by atoms with van der Waals surface area (Å²) in [6.07, 6.45) is 2.81. The Kier molecular flexibility index (Phi) is 4.66. The van der Waals surface area contributed by atoms with Crippen LogP contribution in [0.1, 0.15) is 29.6 Å². The van der Waals surface area contributed by atoms with E-state index in [2.05, 4.69) is 0 Å². The molecule has 104 valence electrons. The van der Waals surface area contributed by atoms with Crippen molar-refractivity contribution >= 4 is 16.8 Å². The molecule has 2 unspecified atom stereocenters. The summed E-state index contributed by atoms with van der Waals surface area (Å²) in [7, 11) is -1.32. The summed E-state index contributed by atoms with van der Waals surface area (Å²) in [4.78, 5) is 11.1. The normalized spacial score (nSPS) is 20.4. The van der Waals surface area contributed by atoms with E-state index in [0.717, 1.165) is 31.6 Å². The van der Waals surface area contributed by atoms with Crippen molar-refractivity contribution < 1.29 is 23.2 Å². The van der Waals surface area contributed by atoms with E-state index in [1.54, 1.807) is 0 Å². The van der Waals surface area contributed by atoms with Gasteiger partial charge in [-0.1, -0.05) is 0 Å². The first-order valence-electron chi connectivity index (χ1n) is 6.11. The highest BCUT2D eigenvalue weighted by Gasteiger charge is 2.18. The predicted octanol–water partition coefficient (Wildman–Crippen LogP) is 2.20. The van der Waals surface area contributed by atoms with E-state index < -0.39 is 28.1 Å². The molecule has 1 heterocycles. The number of carboxylic acids is 1. The first-order valence-corrected chi connectivity index (χ1v) is 7.42. The lowest BCUT2D eigenvalue weighted by molar-refractivity contribution is 0.0691. The van der Waals surface area contributed by atoms with E-state index >= 15 is 0 Å². The standard InChI is InChI=1S/C13H15FO4S/c14-12-4-3-10(8-11(12)13(15)16)19(17)7-5-9-2-1-6-18-9/h3-4,8-9H,1-2,5-7H2,(H,15,16). The number of hydrogen-bond acceptors (Lipinski definition) is 3. The number of benzene rings is 1. The zero-order valence-corrected chi connectivity index (χ0v) is 11.1. The van der Waals surface area contributed by atoms with E-state index in [1.807, 2.05) is 0 Å². The molecule has 1 fully saturated rings. The molecule has 0 aromatic heterocycles. The van der Waals surface area contributed by atoms with Crippen LogP contribution in [0, 0.1) is 5.82 Å². The van der Waals surface area contributed by atoms with Gasteiger partial charge < -0.3 is 9.84 Å². The maximum atomic E-state index is 13.2. The zero-order chi connectivity index (χ0) is 13.8. The van der Waals surface area contributed by atoms with E-state index in [0.29, 0.717) is 17.1 Å². The second-order valence-corrected chi connectivity index (χ2v) is 5.99. The number of carboxylic acid groups (broad SMARTS) is 1. The van der Waals surface area contributed by atoms with Gasteiger partial charge in [-0.2, -0.15) is 0 Å². The molecule has 0 radical (unpaired) electrons. The van der Waals surface area contributed by atoms with Gasteiger partial charge in [-0.3, -0.25) is 4.21 Å². The van der Waals surface area contributed by atoms with Gasteiger partial charge in [0.2, 0.25) is 0 Å². The Balaban J connectivity index is 2.02. The minimum Gasteiger partial charge on any atom is -0.478 e. The van der Waals surface area contributed by atoms with Gasteiger partial charge in [0, 0.05) is 17.3 Å². The highest BCUT2D eigenvalue weighted by atomic mass is 32.2. The van der Waals surface area contributed by atoms with Crippen molar-refractivity contribution in [2.24, 2.45) is 0 Å². The van der Waals surface area contributed by atoms with Crippen LogP contribution in [-0.2, 0) is 15.5 Å². The monoisotopic (exact) mass is 286 g/mol. The molecule has 1 saturated heterocycles. The van der Waals surface area contributed by atoms with Crippen molar-refractivity contribution in [1.29, 1.82) is 0 Å². The molecular weight excluding hydrogens is 271 g/mol. The first kappa shape index (κ1) is 14.1. The number of hydrogen-bond donors (Lipinski definition) is 1. The predicted molar refractivity (Wildman–Crippen MR) is 68.2 cm³/mol. The molecule has 0 amide bonds. The Labute approximate surface area is 113 Å². The van der Waals surface area contributed by atoms with Crippen LogP contribution in [0.15, 0.2) is 23.1 Å². The molecule has 0 bridgehead atoms. The van der Waals surface area contributed by atoms with E-state index in [9.17, 15) is 13.4 Å². The second kappa shape index (κ2) is 6.25. The summed E-state index contributed by atoms with van der Waals surface area (Å²) in [5.41, 5.74) is -0.442. The van der Waals surface area contributed by atoms with Gasteiger partial charge in [-0.15, -0.1) is 0 Å². The Morgan fingerprint density at radius 3 is 2.95 bits per heavy atom. The minimum atomic E-state index is -1.35. The van der Waals surface area contributed by atoms with E-state index in [4.69, 9.17) is 9.84 Å². The molecule has 19 heavy (non-hydrogen) atoms. The molecule has 0 spiro atoms. The maximum Gasteiger partial charge on any atom is 0.338 e. The molecule has 1 aliphatic heterocycles. The largest absolute Gasteiger partial charge is 0.478 e. The summed E-state index contributed by atoms with van der Waals surface area (Å²) in [6, 6.07) is 3.55. The van der Waals surface area contributed by atoms with Crippen molar-refractivity contribution in [3.05, 3.63) is 29.6 Å². The van der Waals surface area contributed by atoms with Crippen LogP contribution in [0.25, 0.3) is 0 Å². The van der Waals surface area contributed by atoms with Crippen molar-refractivity contribution in [3.8, 4) is 0 Å². The molecule has 2 rings (SSSR count). The lowest BCUT2D eigenvalue weighted by atomic mass is 10.2. The molecule has 4 nitrogen and oxygen atoms in total. The summed E-state index contributed by atoms with van der Waals surface area (Å²) in [5.74, 6) is -1.77.